The largest absolute Gasteiger partial charge is 0.331 e. The standard InChI is InChI=1S/C19H19F3N4O/c1-25-15(4-7-23-25)11-5-8-26(9-6-11)19(27)24-14-3-2-12-10-13(20)17(21)18(22)16(12)14/h4-5,7,10,14H,2-3,6,8-9H2,1H3,(H,24,27). The number of halogens is 3. The third kappa shape index (κ3) is 3.09. The number of fused-ring (bicyclic) bond motifs is 1. The number of hydrogen-bond acceptors (Lipinski definition) is 2. The zero-order valence-corrected chi connectivity index (χ0v) is 14.8. The quantitative estimate of drug-likeness (QED) is 0.818. The molecule has 1 aliphatic heterocycles. The summed E-state index contributed by atoms with van der Waals surface area (Å²) in [7, 11) is 1.86. The van der Waals surface area contributed by atoms with Crippen molar-refractivity contribution in [3.8, 4) is 0 Å². The van der Waals surface area contributed by atoms with Gasteiger partial charge >= 0.3 is 6.03 Å². The van der Waals surface area contributed by atoms with Gasteiger partial charge in [0.05, 0.1) is 11.7 Å². The van der Waals surface area contributed by atoms with Crippen molar-refractivity contribution >= 4 is 11.6 Å². The maximum absolute atomic E-state index is 14.2. The minimum atomic E-state index is -1.49. The molecule has 1 unspecified atom stereocenters. The molecule has 2 amide bonds. The first-order chi connectivity index (χ1) is 13.0. The van der Waals surface area contributed by atoms with E-state index in [1.807, 2.05) is 19.2 Å². The van der Waals surface area contributed by atoms with Gasteiger partial charge in [0.15, 0.2) is 17.5 Å². The second-order valence-corrected chi connectivity index (χ2v) is 6.87. The molecule has 0 bridgehead atoms. The van der Waals surface area contributed by atoms with Crippen molar-refractivity contribution in [2.45, 2.75) is 25.3 Å². The second kappa shape index (κ2) is 6.75. The fraction of sp³-hybridized carbons (Fsp3) is 0.368. The van der Waals surface area contributed by atoms with Gasteiger partial charge in [-0.15, -0.1) is 0 Å². The molecule has 1 aromatic carbocycles. The fourth-order valence-corrected chi connectivity index (χ4v) is 3.85. The third-order valence-corrected chi connectivity index (χ3v) is 5.28. The van der Waals surface area contributed by atoms with Crippen LogP contribution in [0.2, 0.25) is 0 Å². The average Bonchev–Trinajstić information content (AvgIpc) is 3.26. The topological polar surface area (TPSA) is 50.2 Å². The number of amides is 2. The first kappa shape index (κ1) is 17.6. The van der Waals surface area contributed by atoms with E-state index >= 15 is 0 Å². The summed E-state index contributed by atoms with van der Waals surface area (Å²) in [5.74, 6) is -3.89. The lowest BCUT2D eigenvalue weighted by Crippen LogP contribution is -2.43. The van der Waals surface area contributed by atoms with Crippen LogP contribution in [-0.4, -0.2) is 33.8 Å². The summed E-state index contributed by atoms with van der Waals surface area (Å²) in [6.45, 7) is 0.939. The summed E-state index contributed by atoms with van der Waals surface area (Å²) in [5.41, 5.74) is 2.60. The second-order valence-electron chi connectivity index (χ2n) is 6.87. The minimum absolute atomic E-state index is 0.0605. The Morgan fingerprint density at radius 1 is 1.26 bits per heavy atom. The molecule has 1 aliphatic carbocycles. The van der Waals surface area contributed by atoms with Gasteiger partial charge in [0.2, 0.25) is 0 Å². The Hall–Kier alpha value is -2.77. The first-order valence-electron chi connectivity index (χ1n) is 8.85. The Balaban J connectivity index is 1.46. The lowest BCUT2D eigenvalue weighted by molar-refractivity contribution is 0.198. The number of carbonyl (C=O) groups excluding carboxylic acids is 1. The highest BCUT2D eigenvalue weighted by Crippen LogP contribution is 2.35. The van der Waals surface area contributed by atoms with Crippen LogP contribution in [0.3, 0.4) is 0 Å². The number of hydrogen-bond donors (Lipinski definition) is 1. The van der Waals surface area contributed by atoms with Crippen molar-refractivity contribution in [3.05, 3.63) is 58.7 Å². The molecule has 2 heterocycles. The van der Waals surface area contributed by atoms with Crippen LogP contribution in [0.4, 0.5) is 18.0 Å². The Kier molecular flexibility index (Phi) is 4.41. The fourth-order valence-electron chi connectivity index (χ4n) is 3.85. The van der Waals surface area contributed by atoms with E-state index in [1.54, 1.807) is 15.8 Å². The van der Waals surface area contributed by atoms with Gasteiger partial charge in [-0.25, -0.2) is 18.0 Å². The molecule has 0 saturated carbocycles. The molecule has 0 spiro atoms. The van der Waals surface area contributed by atoms with Gasteiger partial charge in [-0.05, 0) is 42.5 Å². The van der Waals surface area contributed by atoms with Crippen LogP contribution in [0.25, 0.3) is 5.57 Å². The molecule has 0 radical (unpaired) electrons. The van der Waals surface area contributed by atoms with E-state index in [2.05, 4.69) is 10.4 Å². The molecule has 142 valence electrons. The van der Waals surface area contributed by atoms with Gasteiger partial charge in [-0.2, -0.15) is 5.10 Å². The number of carbonyl (C=O) groups is 1. The van der Waals surface area contributed by atoms with E-state index in [0.29, 0.717) is 37.9 Å². The molecule has 1 atom stereocenters. The predicted octanol–water partition coefficient (Wildman–Crippen LogP) is 3.32. The third-order valence-electron chi connectivity index (χ3n) is 5.28. The Labute approximate surface area is 154 Å². The van der Waals surface area contributed by atoms with Crippen molar-refractivity contribution in [1.29, 1.82) is 0 Å². The molecule has 1 N–H and O–H groups in total. The van der Waals surface area contributed by atoms with Crippen LogP contribution < -0.4 is 5.32 Å². The molecule has 5 nitrogen and oxygen atoms in total. The SMILES string of the molecule is Cn1nccc1C1=CCN(C(=O)NC2CCc3cc(F)c(F)c(F)c32)CC1. The number of aryl methyl sites for hydroxylation is 2. The molecule has 1 aromatic heterocycles. The summed E-state index contributed by atoms with van der Waals surface area (Å²) in [6, 6.07) is 1.96. The van der Waals surface area contributed by atoms with Crippen LogP contribution >= 0.6 is 0 Å². The Bertz CT molecular complexity index is 937. The smallest absolute Gasteiger partial charge is 0.318 e. The van der Waals surface area contributed by atoms with Gasteiger partial charge in [0.1, 0.15) is 0 Å². The molecule has 27 heavy (non-hydrogen) atoms. The Morgan fingerprint density at radius 2 is 2.07 bits per heavy atom. The van der Waals surface area contributed by atoms with E-state index < -0.39 is 23.5 Å². The zero-order chi connectivity index (χ0) is 19.1. The number of aromatic nitrogens is 2. The van der Waals surface area contributed by atoms with E-state index in [4.69, 9.17) is 0 Å². The summed E-state index contributed by atoms with van der Waals surface area (Å²) >= 11 is 0. The van der Waals surface area contributed by atoms with Crippen LogP contribution in [0.15, 0.2) is 24.4 Å². The summed E-state index contributed by atoms with van der Waals surface area (Å²) in [4.78, 5) is 14.2. The van der Waals surface area contributed by atoms with Gasteiger partial charge in [0, 0.05) is 31.9 Å². The highest BCUT2D eigenvalue weighted by atomic mass is 19.2. The van der Waals surface area contributed by atoms with E-state index in [1.165, 1.54) is 0 Å². The summed E-state index contributed by atoms with van der Waals surface area (Å²) in [6.07, 6.45) is 5.20. The number of rotatable bonds is 2. The molecule has 8 heteroatoms. The summed E-state index contributed by atoms with van der Waals surface area (Å²) in [5, 5.41) is 6.91. The lowest BCUT2D eigenvalue weighted by Gasteiger charge is -2.28. The molecule has 4 rings (SSSR count). The van der Waals surface area contributed by atoms with Crippen LogP contribution in [0.5, 0.6) is 0 Å². The average molecular weight is 376 g/mol. The number of benzene rings is 1. The van der Waals surface area contributed by atoms with Gasteiger partial charge in [-0.1, -0.05) is 6.08 Å². The van der Waals surface area contributed by atoms with Gasteiger partial charge in [0.25, 0.3) is 0 Å². The number of urea groups is 1. The predicted molar refractivity (Wildman–Crippen MR) is 93.3 cm³/mol. The van der Waals surface area contributed by atoms with Crippen molar-refractivity contribution < 1.29 is 18.0 Å². The normalized spacial score (nSPS) is 19.0. The summed E-state index contributed by atoms with van der Waals surface area (Å²) < 4.78 is 42.9. The minimum Gasteiger partial charge on any atom is -0.331 e. The zero-order valence-electron chi connectivity index (χ0n) is 14.8. The molecule has 2 aromatic rings. The highest BCUT2D eigenvalue weighted by molar-refractivity contribution is 5.77. The van der Waals surface area contributed by atoms with E-state index in [-0.39, 0.29) is 11.6 Å². The molecule has 2 aliphatic rings. The maximum Gasteiger partial charge on any atom is 0.318 e. The van der Waals surface area contributed by atoms with E-state index in [9.17, 15) is 18.0 Å². The van der Waals surface area contributed by atoms with Gasteiger partial charge in [-0.3, -0.25) is 4.68 Å². The van der Waals surface area contributed by atoms with Crippen molar-refractivity contribution in [3.63, 3.8) is 0 Å². The monoisotopic (exact) mass is 376 g/mol. The van der Waals surface area contributed by atoms with Crippen molar-refractivity contribution in [1.82, 2.24) is 20.0 Å². The van der Waals surface area contributed by atoms with Crippen LogP contribution in [0.1, 0.15) is 35.7 Å². The Morgan fingerprint density at radius 3 is 2.74 bits per heavy atom. The number of nitrogens with zero attached hydrogens (tertiary/aromatic N) is 3. The van der Waals surface area contributed by atoms with Crippen LogP contribution in [0, 0.1) is 17.5 Å². The molecular formula is C19H19F3N4O. The lowest BCUT2D eigenvalue weighted by atomic mass is 10.0. The van der Waals surface area contributed by atoms with Crippen molar-refractivity contribution in [2.75, 3.05) is 13.1 Å². The van der Waals surface area contributed by atoms with Crippen molar-refractivity contribution in [2.24, 2.45) is 7.05 Å². The maximum atomic E-state index is 14.2. The highest BCUT2D eigenvalue weighted by Gasteiger charge is 2.32. The molecular weight excluding hydrogens is 357 g/mol. The van der Waals surface area contributed by atoms with Gasteiger partial charge < -0.3 is 10.2 Å². The molecule has 0 fully saturated rings. The van der Waals surface area contributed by atoms with E-state index in [0.717, 1.165) is 17.3 Å². The first-order valence-corrected chi connectivity index (χ1v) is 8.85. The van der Waals surface area contributed by atoms with Crippen LogP contribution in [-0.2, 0) is 13.5 Å². The number of nitrogens with one attached hydrogen (secondary N) is 1. The molecule has 0 saturated heterocycles.